The van der Waals surface area contributed by atoms with Crippen molar-refractivity contribution >= 4 is 5.91 Å². The van der Waals surface area contributed by atoms with Crippen LogP contribution in [-0.4, -0.2) is 19.1 Å². The summed E-state index contributed by atoms with van der Waals surface area (Å²) in [6.07, 6.45) is 0.428. The van der Waals surface area contributed by atoms with Crippen LogP contribution in [-0.2, 0) is 4.79 Å². The second-order valence-electron chi connectivity index (χ2n) is 5.69. The molecule has 0 aliphatic rings. The number of hydrogen-bond donors (Lipinski definition) is 1. The van der Waals surface area contributed by atoms with Gasteiger partial charge in [0.2, 0.25) is 0 Å². The summed E-state index contributed by atoms with van der Waals surface area (Å²) < 4.78 is 24.5. The third-order valence-corrected chi connectivity index (χ3v) is 4.01. The maximum atomic E-state index is 13.7. The van der Waals surface area contributed by atoms with Gasteiger partial charge in [0.05, 0.1) is 13.2 Å². The van der Waals surface area contributed by atoms with Gasteiger partial charge in [-0.2, -0.15) is 0 Å². The number of rotatable bonds is 8. The molecule has 5 heteroatoms. The van der Waals surface area contributed by atoms with Crippen LogP contribution in [0.1, 0.15) is 38.3 Å². The molecular weight excluding hydrogens is 321 g/mol. The van der Waals surface area contributed by atoms with Gasteiger partial charge in [0.15, 0.2) is 17.7 Å². The third-order valence-electron chi connectivity index (χ3n) is 4.01. The first-order chi connectivity index (χ1) is 12.1. The van der Waals surface area contributed by atoms with Crippen LogP contribution in [0.3, 0.4) is 0 Å². The Kier molecular flexibility index (Phi) is 6.81. The molecule has 2 aromatic carbocycles. The summed E-state index contributed by atoms with van der Waals surface area (Å²) >= 11 is 0. The van der Waals surface area contributed by atoms with E-state index in [1.165, 1.54) is 12.1 Å². The van der Waals surface area contributed by atoms with Gasteiger partial charge in [-0.25, -0.2) is 4.39 Å². The first-order valence-electron chi connectivity index (χ1n) is 8.44. The van der Waals surface area contributed by atoms with Crippen LogP contribution < -0.4 is 14.8 Å². The largest absolute Gasteiger partial charge is 0.497 e. The number of methoxy groups -OCH3 is 1. The Balaban J connectivity index is 2.06. The number of para-hydroxylation sites is 1. The van der Waals surface area contributed by atoms with E-state index in [1.54, 1.807) is 19.2 Å². The first-order valence-corrected chi connectivity index (χ1v) is 8.44. The maximum Gasteiger partial charge on any atom is 0.261 e. The number of carbonyl (C=O) groups is 1. The molecule has 0 saturated heterocycles. The number of amides is 1. The zero-order valence-electron chi connectivity index (χ0n) is 14.8. The molecule has 0 radical (unpaired) electrons. The minimum atomic E-state index is -0.746. The number of halogens is 1. The fraction of sp³-hybridized carbons (Fsp3) is 0.350. The predicted octanol–water partition coefficient (Wildman–Crippen LogP) is 4.26. The lowest BCUT2D eigenvalue weighted by Crippen LogP contribution is -2.40. The number of ether oxygens (including phenoxy) is 2. The molecular formula is C20H24FNO3. The average Bonchev–Trinajstić information content (AvgIpc) is 2.65. The van der Waals surface area contributed by atoms with Crippen LogP contribution in [0, 0.1) is 5.82 Å². The lowest BCUT2D eigenvalue weighted by atomic mass is 10.0. The van der Waals surface area contributed by atoms with Crippen molar-refractivity contribution in [2.45, 2.75) is 38.8 Å². The molecule has 0 fully saturated rings. The number of benzene rings is 2. The van der Waals surface area contributed by atoms with Crippen LogP contribution in [0.15, 0.2) is 48.5 Å². The van der Waals surface area contributed by atoms with E-state index in [0.29, 0.717) is 6.42 Å². The average molecular weight is 345 g/mol. The van der Waals surface area contributed by atoms with Crippen molar-refractivity contribution in [2.24, 2.45) is 0 Å². The number of carbonyl (C=O) groups excluding carboxylic acids is 1. The van der Waals surface area contributed by atoms with Gasteiger partial charge >= 0.3 is 0 Å². The summed E-state index contributed by atoms with van der Waals surface area (Å²) in [4.78, 5) is 12.6. The molecule has 4 nitrogen and oxygen atoms in total. The Morgan fingerprint density at radius 1 is 1.08 bits per heavy atom. The molecule has 134 valence electrons. The fourth-order valence-electron chi connectivity index (χ4n) is 2.54. The molecule has 0 aliphatic heterocycles. The summed E-state index contributed by atoms with van der Waals surface area (Å²) in [6.45, 7) is 3.83. The normalized spacial score (nSPS) is 13.0. The molecule has 0 spiro atoms. The number of hydrogen-bond acceptors (Lipinski definition) is 3. The van der Waals surface area contributed by atoms with E-state index in [4.69, 9.17) is 9.47 Å². The highest BCUT2D eigenvalue weighted by atomic mass is 19.1. The van der Waals surface area contributed by atoms with Crippen LogP contribution in [0.2, 0.25) is 0 Å². The fourth-order valence-corrected chi connectivity index (χ4v) is 2.54. The maximum absolute atomic E-state index is 13.7. The molecule has 2 aromatic rings. The van der Waals surface area contributed by atoms with Gasteiger partial charge in [0.1, 0.15) is 5.75 Å². The van der Waals surface area contributed by atoms with Gasteiger partial charge in [-0.05, 0) is 42.7 Å². The second-order valence-corrected chi connectivity index (χ2v) is 5.69. The molecule has 1 N–H and O–H groups in total. The highest BCUT2D eigenvalue weighted by molar-refractivity contribution is 5.81. The molecule has 0 bridgehead atoms. The van der Waals surface area contributed by atoms with Crippen molar-refractivity contribution in [3.63, 3.8) is 0 Å². The molecule has 25 heavy (non-hydrogen) atoms. The van der Waals surface area contributed by atoms with E-state index < -0.39 is 11.9 Å². The molecule has 1 amide bonds. The van der Waals surface area contributed by atoms with Crippen molar-refractivity contribution in [1.29, 1.82) is 0 Å². The van der Waals surface area contributed by atoms with E-state index in [-0.39, 0.29) is 17.7 Å². The van der Waals surface area contributed by atoms with Crippen LogP contribution in [0.25, 0.3) is 0 Å². The summed E-state index contributed by atoms with van der Waals surface area (Å²) in [7, 11) is 1.61. The zero-order valence-corrected chi connectivity index (χ0v) is 14.8. The molecule has 0 aliphatic carbocycles. The Hall–Kier alpha value is -2.56. The Morgan fingerprint density at radius 2 is 1.76 bits per heavy atom. The molecule has 2 atom stereocenters. The zero-order chi connectivity index (χ0) is 18.2. The van der Waals surface area contributed by atoms with E-state index >= 15 is 0 Å². The van der Waals surface area contributed by atoms with Crippen molar-refractivity contribution in [1.82, 2.24) is 5.32 Å². The molecule has 0 saturated carbocycles. The molecule has 0 aromatic heterocycles. The van der Waals surface area contributed by atoms with Crippen LogP contribution in [0.4, 0.5) is 4.39 Å². The highest BCUT2D eigenvalue weighted by Crippen LogP contribution is 2.22. The minimum absolute atomic E-state index is 0.0852. The first kappa shape index (κ1) is 18.8. The third kappa shape index (κ3) is 4.95. The minimum Gasteiger partial charge on any atom is -0.497 e. The lowest BCUT2D eigenvalue weighted by Gasteiger charge is -2.22. The van der Waals surface area contributed by atoms with Gasteiger partial charge < -0.3 is 14.8 Å². The van der Waals surface area contributed by atoms with Crippen LogP contribution in [0.5, 0.6) is 11.5 Å². The van der Waals surface area contributed by atoms with Gasteiger partial charge in [0.25, 0.3) is 5.91 Å². The SMILES string of the molecule is CC[C@H](Oc1ccccc1F)C(=O)N[C@@H](CC)c1ccc(OC)cc1. The number of nitrogens with one attached hydrogen (secondary N) is 1. The van der Waals surface area contributed by atoms with Crippen molar-refractivity contribution in [2.75, 3.05) is 7.11 Å². The predicted molar refractivity (Wildman–Crippen MR) is 95.3 cm³/mol. The Morgan fingerprint density at radius 3 is 2.32 bits per heavy atom. The van der Waals surface area contributed by atoms with Crippen molar-refractivity contribution in [3.05, 3.63) is 59.9 Å². The Labute approximate surface area is 148 Å². The van der Waals surface area contributed by atoms with E-state index in [1.807, 2.05) is 38.1 Å². The van der Waals surface area contributed by atoms with Crippen LogP contribution >= 0.6 is 0 Å². The van der Waals surface area contributed by atoms with E-state index in [0.717, 1.165) is 17.7 Å². The summed E-state index contributed by atoms with van der Waals surface area (Å²) in [5, 5.41) is 2.98. The van der Waals surface area contributed by atoms with E-state index in [2.05, 4.69) is 5.32 Å². The second kappa shape index (κ2) is 9.06. The summed E-state index contributed by atoms with van der Waals surface area (Å²) in [5.74, 6) is 0.116. The topological polar surface area (TPSA) is 47.6 Å². The Bertz CT molecular complexity index is 688. The summed E-state index contributed by atoms with van der Waals surface area (Å²) in [6, 6.07) is 13.5. The van der Waals surface area contributed by atoms with Crippen molar-refractivity contribution < 1.29 is 18.7 Å². The quantitative estimate of drug-likeness (QED) is 0.778. The van der Waals surface area contributed by atoms with Gasteiger partial charge in [-0.3, -0.25) is 4.79 Å². The standard InChI is InChI=1S/C20H24FNO3/c1-4-17(14-10-12-15(24-3)13-11-14)22-20(23)18(5-2)25-19-9-7-6-8-16(19)21/h6-13,17-18H,4-5H2,1-3H3,(H,22,23)/t17-,18-/m0/s1. The van der Waals surface area contributed by atoms with Gasteiger partial charge in [-0.15, -0.1) is 0 Å². The lowest BCUT2D eigenvalue weighted by molar-refractivity contribution is -0.129. The molecule has 2 rings (SSSR count). The van der Waals surface area contributed by atoms with Crippen molar-refractivity contribution in [3.8, 4) is 11.5 Å². The van der Waals surface area contributed by atoms with Gasteiger partial charge in [0, 0.05) is 0 Å². The monoisotopic (exact) mass is 345 g/mol. The smallest absolute Gasteiger partial charge is 0.261 e. The molecule has 0 heterocycles. The molecule has 0 unspecified atom stereocenters. The van der Waals surface area contributed by atoms with Gasteiger partial charge in [-0.1, -0.05) is 38.1 Å². The van der Waals surface area contributed by atoms with E-state index in [9.17, 15) is 9.18 Å². The summed E-state index contributed by atoms with van der Waals surface area (Å²) in [5.41, 5.74) is 0.984. The highest BCUT2D eigenvalue weighted by Gasteiger charge is 2.22.